The van der Waals surface area contributed by atoms with Gasteiger partial charge < -0.3 is 10.1 Å². The lowest BCUT2D eigenvalue weighted by Gasteiger charge is -2.32. The zero-order valence-corrected chi connectivity index (χ0v) is 15.9. The van der Waals surface area contributed by atoms with Gasteiger partial charge >= 0.3 is 0 Å². The molecule has 0 radical (unpaired) electrons. The van der Waals surface area contributed by atoms with E-state index >= 15 is 0 Å². The maximum atomic E-state index is 12.7. The van der Waals surface area contributed by atoms with Crippen LogP contribution < -0.4 is 10.1 Å². The Morgan fingerprint density at radius 2 is 1.86 bits per heavy atom. The van der Waals surface area contributed by atoms with E-state index in [2.05, 4.69) is 11.4 Å². The summed E-state index contributed by atoms with van der Waals surface area (Å²) < 4.78 is 5.87. The second-order valence-electron chi connectivity index (χ2n) is 7.22. The van der Waals surface area contributed by atoms with Crippen LogP contribution in [0.15, 0.2) is 77.1 Å². The normalized spacial score (nSPS) is 19.0. The first kappa shape index (κ1) is 18.1. The fraction of sp³-hybridized carbons (Fsp3) is 0.250. The molecule has 2 aromatic rings. The van der Waals surface area contributed by atoms with Crippen molar-refractivity contribution < 1.29 is 9.53 Å². The second kappa shape index (κ2) is 7.74. The first-order valence-electron chi connectivity index (χ1n) is 9.58. The highest BCUT2D eigenvalue weighted by Gasteiger charge is 2.35. The number of carbonyl (C=O) groups excluding carboxylic acids is 1. The van der Waals surface area contributed by atoms with Crippen molar-refractivity contribution in [2.45, 2.75) is 38.7 Å². The van der Waals surface area contributed by atoms with Gasteiger partial charge in [0, 0.05) is 23.4 Å². The number of rotatable bonds is 4. The Morgan fingerprint density at radius 1 is 1.11 bits per heavy atom. The predicted molar refractivity (Wildman–Crippen MR) is 107 cm³/mol. The number of Topliss-reactive ketones (excluding diaryl/α,β-unsaturated/α-hetero) is 1. The number of ether oxygens (including phenoxy) is 1. The molecule has 1 N–H and O–H groups in total. The summed E-state index contributed by atoms with van der Waals surface area (Å²) in [5, 5.41) is 13.0. The third-order valence-electron chi connectivity index (χ3n) is 5.36. The summed E-state index contributed by atoms with van der Waals surface area (Å²) in [6, 6.07) is 20.1. The van der Waals surface area contributed by atoms with Crippen LogP contribution in [0, 0.1) is 11.3 Å². The Morgan fingerprint density at radius 3 is 2.57 bits per heavy atom. The van der Waals surface area contributed by atoms with Crippen LogP contribution in [0.5, 0.6) is 5.75 Å². The van der Waals surface area contributed by atoms with Crippen LogP contribution in [0.4, 0.5) is 0 Å². The minimum Gasteiger partial charge on any atom is -0.489 e. The SMILES string of the molecule is CC1=C(C#N)[C@@H](c2ccc(OCc3ccccc3)cc2)C2=C(CCCC2=O)N1. The smallest absolute Gasteiger partial charge is 0.161 e. The molecule has 1 heterocycles. The molecule has 2 aliphatic rings. The quantitative estimate of drug-likeness (QED) is 0.843. The van der Waals surface area contributed by atoms with Gasteiger partial charge in [0.25, 0.3) is 0 Å². The summed E-state index contributed by atoms with van der Waals surface area (Å²) in [6.07, 6.45) is 2.26. The van der Waals surface area contributed by atoms with Crippen molar-refractivity contribution in [2.75, 3.05) is 0 Å². The summed E-state index contributed by atoms with van der Waals surface area (Å²) in [5.41, 5.74) is 5.25. The first-order valence-corrected chi connectivity index (χ1v) is 9.58. The van der Waals surface area contributed by atoms with E-state index in [-0.39, 0.29) is 11.7 Å². The van der Waals surface area contributed by atoms with Gasteiger partial charge in [0.1, 0.15) is 12.4 Å². The standard InChI is InChI=1S/C24H22N2O2/c1-16-20(14-25)23(24-21(26-16)8-5-9-22(24)27)18-10-12-19(13-11-18)28-15-17-6-3-2-4-7-17/h2-4,6-7,10-13,23,26H,5,8-9,15H2,1H3/t23-/m1/s1. The van der Waals surface area contributed by atoms with Crippen molar-refractivity contribution in [1.29, 1.82) is 5.26 Å². The molecule has 4 rings (SSSR count). The molecule has 1 atom stereocenters. The summed E-state index contributed by atoms with van der Waals surface area (Å²) in [7, 11) is 0. The number of nitriles is 1. The van der Waals surface area contributed by atoms with Gasteiger partial charge in [-0.25, -0.2) is 0 Å². The summed E-state index contributed by atoms with van der Waals surface area (Å²) >= 11 is 0. The Labute approximate surface area is 165 Å². The molecule has 0 amide bonds. The molecular formula is C24H22N2O2. The number of nitrogens with zero attached hydrogens (tertiary/aromatic N) is 1. The minimum atomic E-state index is -0.294. The predicted octanol–water partition coefficient (Wildman–Crippen LogP) is 4.76. The molecule has 1 aliphatic heterocycles. The monoisotopic (exact) mass is 370 g/mol. The Hall–Kier alpha value is -3.32. The van der Waals surface area contributed by atoms with Crippen LogP contribution >= 0.6 is 0 Å². The molecule has 28 heavy (non-hydrogen) atoms. The van der Waals surface area contributed by atoms with Crippen LogP contribution in [0.3, 0.4) is 0 Å². The Balaban J connectivity index is 1.61. The van der Waals surface area contributed by atoms with Gasteiger partial charge in [-0.3, -0.25) is 4.79 Å². The highest BCUT2D eigenvalue weighted by Crippen LogP contribution is 2.42. The number of nitrogens with one attached hydrogen (secondary N) is 1. The average molecular weight is 370 g/mol. The fourth-order valence-corrected chi connectivity index (χ4v) is 3.96. The van der Waals surface area contributed by atoms with E-state index in [0.717, 1.165) is 46.7 Å². The molecule has 4 nitrogen and oxygen atoms in total. The summed E-state index contributed by atoms with van der Waals surface area (Å²) in [6.45, 7) is 2.41. The van der Waals surface area contributed by atoms with Crippen molar-refractivity contribution >= 4 is 5.78 Å². The molecule has 0 spiro atoms. The number of dihydropyridines is 1. The van der Waals surface area contributed by atoms with E-state index in [1.807, 2.05) is 61.5 Å². The van der Waals surface area contributed by atoms with E-state index in [1.165, 1.54) is 0 Å². The van der Waals surface area contributed by atoms with Crippen molar-refractivity contribution in [3.05, 3.63) is 88.3 Å². The summed E-state index contributed by atoms with van der Waals surface area (Å²) in [4.78, 5) is 12.7. The first-order chi connectivity index (χ1) is 13.7. The zero-order valence-electron chi connectivity index (χ0n) is 15.9. The molecule has 2 aromatic carbocycles. The fourth-order valence-electron chi connectivity index (χ4n) is 3.96. The molecule has 0 saturated heterocycles. The molecule has 1 aliphatic carbocycles. The molecular weight excluding hydrogens is 348 g/mol. The molecule has 0 aromatic heterocycles. The van der Waals surface area contributed by atoms with E-state index < -0.39 is 0 Å². The number of benzene rings is 2. The third-order valence-corrected chi connectivity index (χ3v) is 5.36. The number of ketones is 1. The van der Waals surface area contributed by atoms with Crippen molar-refractivity contribution in [2.24, 2.45) is 0 Å². The summed E-state index contributed by atoms with van der Waals surface area (Å²) in [5.74, 6) is 0.616. The van der Waals surface area contributed by atoms with Crippen LogP contribution in [0.25, 0.3) is 0 Å². The van der Waals surface area contributed by atoms with Crippen molar-refractivity contribution in [3.63, 3.8) is 0 Å². The Kier molecular flexibility index (Phi) is 4.99. The molecule has 0 unspecified atom stereocenters. The topological polar surface area (TPSA) is 62.1 Å². The third kappa shape index (κ3) is 3.44. The van der Waals surface area contributed by atoms with Crippen LogP contribution in [0.1, 0.15) is 43.2 Å². The van der Waals surface area contributed by atoms with E-state index in [1.54, 1.807) is 0 Å². The Bertz CT molecular complexity index is 995. The van der Waals surface area contributed by atoms with Gasteiger partial charge in [-0.15, -0.1) is 0 Å². The highest BCUT2D eigenvalue weighted by atomic mass is 16.5. The molecule has 140 valence electrons. The van der Waals surface area contributed by atoms with Gasteiger partial charge in [0.2, 0.25) is 0 Å². The average Bonchev–Trinajstić information content (AvgIpc) is 2.73. The van der Waals surface area contributed by atoms with Crippen LogP contribution in [0.2, 0.25) is 0 Å². The highest BCUT2D eigenvalue weighted by molar-refractivity contribution is 5.99. The van der Waals surface area contributed by atoms with Crippen LogP contribution in [-0.4, -0.2) is 5.78 Å². The van der Waals surface area contributed by atoms with Gasteiger partial charge in [0.05, 0.1) is 17.6 Å². The van der Waals surface area contributed by atoms with Crippen molar-refractivity contribution in [1.82, 2.24) is 5.32 Å². The second-order valence-corrected chi connectivity index (χ2v) is 7.22. The van der Waals surface area contributed by atoms with E-state index in [4.69, 9.17) is 4.74 Å². The van der Waals surface area contributed by atoms with Crippen LogP contribution in [-0.2, 0) is 11.4 Å². The molecule has 0 saturated carbocycles. The lowest BCUT2D eigenvalue weighted by atomic mass is 9.76. The van der Waals surface area contributed by atoms with Gasteiger partial charge in [0.15, 0.2) is 5.78 Å². The number of allylic oxidation sites excluding steroid dienone is 4. The molecule has 0 fully saturated rings. The van der Waals surface area contributed by atoms with E-state index in [9.17, 15) is 10.1 Å². The number of hydrogen-bond acceptors (Lipinski definition) is 4. The maximum absolute atomic E-state index is 12.7. The van der Waals surface area contributed by atoms with Gasteiger partial charge in [-0.2, -0.15) is 5.26 Å². The van der Waals surface area contributed by atoms with Gasteiger partial charge in [-0.05, 0) is 43.0 Å². The van der Waals surface area contributed by atoms with E-state index in [0.29, 0.717) is 18.6 Å². The largest absolute Gasteiger partial charge is 0.489 e. The number of hydrogen-bond donors (Lipinski definition) is 1. The number of carbonyl (C=O) groups is 1. The lowest BCUT2D eigenvalue weighted by molar-refractivity contribution is -0.116. The lowest BCUT2D eigenvalue weighted by Crippen LogP contribution is -2.31. The zero-order chi connectivity index (χ0) is 19.5. The van der Waals surface area contributed by atoms with Gasteiger partial charge in [-0.1, -0.05) is 42.5 Å². The maximum Gasteiger partial charge on any atom is 0.161 e. The minimum absolute atomic E-state index is 0.142. The molecule has 0 bridgehead atoms. The van der Waals surface area contributed by atoms with Crippen molar-refractivity contribution in [3.8, 4) is 11.8 Å². The molecule has 4 heteroatoms.